The minimum Gasteiger partial charge on any atom is -0.334 e. The highest BCUT2D eigenvalue weighted by Crippen LogP contribution is 2.35. The number of nitrogens with zero attached hydrogens (tertiary/aromatic N) is 2. The maximum Gasteiger partial charge on any atom is 0.281 e. The van der Waals surface area contributed by atoms with Gasteiger partial charge in [0.25, 0.3) is 10.0 Å². The zero-order chi connectivity index (χ0) is 18.1. The first-order valence-electron chi connectivity index (χ1n) is 6.93. The molecule has 0 atom stereocenters. The van der Waals surface area contributed by atoms with Crippen LogP contribution in [0.3, 0.4) is 0 Å². The molecule has 0 aliphatic carbocycles. The lowest BCUT2D eigenvalue weighted by Gasteiger charge is -2.12. The molecule has 7 nitrogen and oxygen atoms in total. The van der Waals surface area contributed by atoms with E-state index in [9.17, 15) is 13.2 Å². The molecule has 2 aromatic rings. The van der Waals surface area contributed by atoms with Crippen molar-refractivity contribution in [3.8, 4) is 0 Å². The second kappa shape index (κ2) is 7.00. The molecule has 0 unspecified atom stereocenters. The summed E-state index contributed by atoms with van der Waals surface area (Å²) in [4.78, 5) is 15.0. The Bertz CT molecular complexity index is 855. The number of hydrogen-bond donors (Lipinski definition) is 2. The number of benzene rings is 1. The number of nitrogens with one attached hydrogen (secondary N) is 2. The van der Waals surface area contributed by atoms with E-state index in [1.54, 1.807) is 4.57 Å². The fourth-order valence-electron chi connectivity index (χ4n) is 1.87. The summed E-state index contributed by atoms with van der Waals surface area (Å²) in [7, 11) is -3.95. The van der Waals surface area contributed by atoms with Crippen molar-refractivity contribution in [2.75, 3.05) is 10.0 Å². The Morgan fingerprint density at radius 1 is 1.25 bits per heavy atom. The predicted molar refractivity (Wildman–Crippen MR) is 94.2 cm³/mol. The van der Waals surface area contributed by atoms with Crippen molar-refractivity contribution in [3.63, 3.8) is 0 Å². The fourth-order valence-corrected chi connectivity index (χ4v) is 3.60. The second-order valence-electron chi connectivity index (χ2n) is 5.35. The summed E-state index contributed by atoms with van der Waals surface area (Å²) in [5, 5.41) is 2.49. The molecule has 0 aliphatic rings. The van der Waals surface area contributed by atoms with E-state index in [2.05, 4.69) is 15.0 Å². The van der Waals surface area contributed by atoms with Crippen LogP contribution in [-0.2, 0) is 14.8 Å². The molecular weight excluding hydrogens is 375 g/mol. The lowest BCUT2D eigenvalue weighted by molar-refractivity contribution is -0.114. The molecule has 0 saturated heterocycles. The van der Waals surface area contributed by atoms with E-state index in [1.807, 2.05) is 13.8 Å². The number of halogens is 2. The largest absolute Gasteiger partial charge is 0.334 e. The van der Waals surface area contributed by atoms with Gasteiger partial charge in [0.2, 0.25) is 5.91 Å². The molecule has 10 heteroatoms. The standard InChI is InChI=1S/C14H16Cl2N4O3S/c1-8(2)20-6-13(17-7-20)24(22,23)19-14-11(15)4-10(5-12(14)16)18-9(3)21/h4-8,19H,1-3H3,(H,18,21). The highest BCUT2D eigenvalue weighted by Gasteiger charge is 2.21. The van der Waals surface area contributed by atoms with Gasteiger partial charge in [0, 0.05) is 24.8 Å². The van der Waals surface area contributed by atoms with Gasteiger partial charge in [-0.15, -0.1) is 0 Å². The molecule has 2 N–H and O–H groups in total. The zero-order valence-corrected chi connectivity index (χ0v) is 15.5. The lowest BCUT2D eigenvalue weighted by Crippen LogP contribution is -2.14. The van der Waals surface area contributed by atoms with Crippen LogP contribution in [0.25, 0.3) is 0 Å². The molecule has 0 aliphatic heterocycles. The van der Waals surface area contributed by atoms with Gasteiger partial charge in [-0.2, -0.15) is 8.42 Å². The number of hydrogen-bond acceptors (Lipinski definition) is 4. The number of carbonyl (C=O) groups is 1. The molecule has 1 heterocycles. The molecule has 1 aromatic heterocycles. The number of imidazole rings is 1. The first-order valence-corrected chi connectivity index (χ1v) is 9.17. The average Bonchev–Trinajstić information content (AvgIpc) is 2.93. The van der Waals surface area contributed by atoms with Gasteiger partial charge in [0.1, 0.15) is 0 Å². The van der Waals surface area contributed by atoms with Crippen LogP contribution in [0.5, 0.6) is 0 Å². The zero-order valence-electron chi connectivity index (χ0n) is 13.2. The Morgan fingerprint density at radius 3 is 2.29 bits per heavy atom. The number of sulfonamides is 1. The quantitative estimate of drug-likeness (QED) is 0.816. The summed E-state index contributed by atoms with van der Waals surface area (Å²) in [6.45, 7) is 5.14. The number of amides is 1. The van der Waals surface area contributed by atoms with E-state index in [4.69, 9.17) is 23.2 Å². The van der Waals surface area contributed by atoms with Crippen LogP contribution in [0, 0.1) is 0 Å². The summed E-state index contributed by atoms with van der Waals surface area (Å²) in [5.74, 6) is -0.297. The predicted octanol–water partition coefficient (Wildman–Crippen LogP) is 3.53. The van der Waals surface area contributed by atoms with Gasteiger partial charge in [-0.25, -0.2) is 4.98 Å². The van der Waals surface area contributed by atoms with Crippen molar-refractivity contribution in [1.82, 2.24) is 9.55 Å². The average molecular weight is 391 g/mol. The number of aromatic nitrogens is 2. The smallest absolute Gasteiger partial charge is 0.281 e. The number of anilines is 2. The molecule has 0 bridgehead atoms. The van der Waals surface area contributed by atoms with Crippen LogP contribution in [0.2, 0.25) is 10.0 Å². The Balaban J connectivity index is 2.33. The summed E-state index contributed by atoms with van der Waals surface area (Å²) >= 11 is 12.2. The highest BCUT2D eigenvalue weighted by molar-refractivity contribution is 7.92. The van der Waals surface area contributed by atoms with E-state index in [0.29, 0.717) is 5.69 Å². The van der Waals surface area contributed by atoms with Gasteiger partial charge in [-0.05, 0) is 26.0 Å². The summed E-state index contributed by atoms with van der Waals surface area (Å²) in [6.07, 6.45) is 2.85. The first kappa shape index (κ1) is 18.6. The Hall–Kier alpha value is -1.77. The van der Waals surface area contributed by atoms with Crippen molar-refractivity contribution in [2.24, 2.45) is 0 Å². The van der Waals surface area contributed by atoms with Gasteiger partial charge in [-0.3, -0.25) is 9.52 Å². The maximum absolute atomic E-state index is 12.4. The van der Waals surface area contributed by atoms with Gasteiger partial charge < -0.3 is 9.88 Å². The Labute approximate surface area is 150 Å². The SMILES string of the molecule is CC(=O)Nc1cc(Cl)c(NS(=O)(=O)c2cn(C(C)C)cn2)c(Cl)c1. The Kier molecular flexibility index (Phi) is 5.42. The lowest BCUT2D eigenvalue weighted by atomic mass is 10.3. The molecule has 1 aromatic carbocycles. The minimum atomic E-state index is -3.95. The van der Waals surface area contributed by atoms with E-state index in [-0.39, 0.29) is 32.7 Å². The van der Waals surface area contributed by atoms with E-state index < -0.39 is 10.0 Å². The molecule has 0 fully saturated rings. The number of carbonyl (C=O) groups excluding carboxylic acids is 1. The third-order valence-corrected chi connectivity index (χ3v) is 4.88. The summed E-state index contributed by atoms with van der Waals surface area (Å²) in [6, 6.07) is 2.88. The molecule has 0 saturated carbocycles. The molecule has 2 rings (SSSR count). The molecule has 1 amide bonds. The van der Waals surface area contributed by atoms with E-state index >= 15 is 0 Å². The van der Waals surface area contributed by atoms with Crippen molar-refractivity contribution >= 4 is 50.5 Å². The Morgan fingerprint density at radius 2 is 1.83 bits per heavy atom. The number of rotatable bonds is 5. The van der Waals surface area contributed by atoms with Crippen LogP contribution in [0.4, 0.5) is 11.4 Å². The van der Waals surface area contributed by atoms with Gasteiger partial charge in [0.15, 0.2) is 5.03 Å². The minimum absolute atomic E-state index is 0.0199. The van der Waals surface area contributed by atoms with Gasteiger partial charge in [0.05, 0.1) is 22.1 Å². The van der Waals surface area contributed by atoms with Gasteiger partial charge in [-0.1, -0.05) is 23.2 Å². The molecule has 24 heavy (non-hydrogen) atoms. The molecular formula is C14H16Cl2N4O3S. The maximum atomic E-state index is 12.4. The van der Waals surface area contributed by atoms with Crippen LogP contribution >= 0.6 is 23.2 Å². The highest BCUT2D eigenvalue weighted by atomic mass is 35.5. The van der Waals surface area contributed by atoms with E-state index in [1.165, 1.54) is 31.6 Å². The monoisotopic (exact) mass is 390 g/mol. The van der Waals surface area contributed by atoms with Crippen LogP contribution in [-0.4, -0.2) is 23.9 Å². The van der Waals surface area contributed by atoms with E-state index in [0.717, 1.165) is 0 Å². The van der Waals surface area contributed by atoms with Crippen molar-refractivity contribution < 1.29 is 13.2 Å². The van der Waals surface area contributed by atoms with Crippen LogP contribution in [0.1, 0.15) is 26.8 Å². The third kappa shape index (κ3) is 4.19. The topological polar surface area (TPSA) is 93.1 Å². The van der Waals surface area contributed by atoms with Crippen molar-refractivity contribution in [2.45, 2.75) is 31.8 Å². The molecule has 0 radical (unpaired) electrons. The second-order valence-corrected chi connectivity index (χ2v) is 7.80. The van der Waals surface area contributed by atoms with Crippen molar-refractivity contribution in [1.29, 1.82) is 0 Å². The normalized spacial score (nSPS) is 11.6. The first-order chi connectivity index (χ1) is 11.1. The molecule has 0 spiro atoms. The summed E-state index contributed by atoms with van der Waals surface area (Å²) in [5.41, 5.74) is 0.385. The van der Waals surface area contributed by atoms with Crippen LogP contribution in [0.15, 0.2) is 29.7 Å². The van der Waals surface area contributed by atoms with Gasteiger partial charge >= 0.3 is 0 Å². The third-order valence-electron chi connectivity index (χ3n) is 3.05. The van der Waals surface area contributed by atoms with Crippen molar-refractivity contribution in [3.05, 3.63) is 34.7 Å². The van der Waals surface area contributed by atoms with Crippen LogP contribution < -0.4 is 10.0 Å². The summed E-state index contributed by atoms with van der Waals surface area (Å²) < 4.78 is 28.8. The molecule has 130 valence electrons. The fraction of sp³-hybridized carbons (Fsp3) is 0.286.